The van der Waals surface area contributed by atoms with Crippen LogP contribution >= 0.6 is 0 Å². The first-order chi connectivity index (χ1) is 21.9. The number of nitrogens with two attached hydrogens (primary N) is 2. The van der Waals surface area contributed by atoms with Gasteiger partial charge in [-0.1, -0.05) is 45.4 Å². The Morgan fingerprint density at radius 2 is 1.65 bits per heavy atom. The number of fused-ring (bicyclic) bond motifs is 1. The predicted molar refractivity (Wildman–Crippen MR) is 165 cm³/mol. The van der Waals surface area contributed by atoms with Crippen molar-refractivity contribution in [1.82, 2.24) is 15.4 Å². The molecule has 5 N–H and O–H groups in total. The zero-order valence-corrected chi connectivity index (χ0v) is 26.0. The Hall–Kier alpha value is -5.44. The highest BCUT2D eigenvalue weighted by atomic mass is 32.2. The summed E-state index contributed by atoms with van der Waals surface area (Å²) in [6.07, 6.45) is -0.215. The first-order valence-corrected chi connectivity index (χ1v) is 15.7. The van der Waals surface area contributed by atoms with Gasteiger partial charge in [-0.25, -0.2) is 8.42 Å². The largest absolute Gasteiger partial charge is 0.476 e. The van der Waals surface area contributed by atoms with E-state index in [4.69, 9.17) is 25.7 Å². The summed E-state index contributed by atoms with van der Waals surface area (Å²) < 4.78 is 45.3. The smallest absolute Gasteiger partial charge is 0.273 e. The number of aromatic nitrogens is 3. The van der Waals surface area contributed by atoms with Crippen molar-refractivity contribution in [3.63, 3.8) is 0 Å². The molecule has 240 valence electrons. The van der Waals surface area contributed by atoms with Crippen molar-refractivity contribution in [2.75, 3.05) is 11.1 Å². The lowest BCUT2D eigenvalue weighted by Gasteiger charge is -2.22. The number of aromatic amines is 1. The summed E-state index contributed by atoms with van der Waals surface area (Å²) in [6, 6.07) is 15.1. The van der Waals surface area contributed by atoms with E-state index in [1.54, 1.807) is 30.3 Å². The minimum Gasteiger partial charge on any atom is -0.476 e. The number of anilines is 1. The van der Waals surface area contributed by atoms with Gasteiger partial charge in [-0.3, -0.25) is 14.4 Å². The summed E-state index contributed by atoms with van der Waals surface area (Å²) in [5.41, 5.74) is 12.3. The van der Waals surface area contributed by atoms with Gasteiger partial charge in [0.1, 0.15) is 5.75 Å². The molecule has 46 heavy (non-hydrogen) atoms. The SMILES string of the molecule is CCCc1cc(C(=O)N(c2n[nH]nc2C(N)=O)S(=O)(=O)c2ccc(C(C)C)cc2)ccc1OC(C(N)=O)c1ccc2c(c1)OCO2. The van der Waals surface area contributed by atoms with Crippen LogP contribution in [0.3, 0.4) is 0 Å². The monoisotopic (exact) mass is 648 g/mol. The molecule has 3 amide bonds. The molecule has 0 fully saturated rings. The molecule has 0 spiro atoms. The molecule has 5 rings (SSSR count). The number of carbonyl (C=O) groups is 3. The zero-order chi connectivity index (χ0) is 33.2. The number of amides is 3. The van der Waals surface area contributed by atoms with Gasteiger partial charge >= 0.3 is 0 Å². The second kappa shape index (κ2) is 12.9. The first-order valence-electron chi connectivity index (χ1n) is 14.3. The van der Waals surface area contributed by atoms with E-state index in [1.165, 1.54) is 30.3 Å². The molecule has 4 aromatic rings. The van der Waals surface area contributed by atoms with Gasteiger partial charge in [-0.15, -0.1) is 10.2 Å². The van der Waals surface area contributed by atoms with Gasteiger partial charge in [0.05, 0.1) is 4.90 Å². The number of nitrogens with one attached hydrogen (secondary N) is 1. The third kappa shape index (κ3) is 6.21. The average Bonchev–Trinajstić information content (AvgIpc) is 3.70. The Balaban J connectivity index is 1.55. The number of carbonyl (C=O) groups excluding carboxylic acids is 3. The maximum Gasteiger partial charge on any atom is 0.273 e. The molecule has 1 aliphatic rings. The number of hydrogen-bond donors (Lipinski definition) is 3. The van der Waals surface area contributed by atoms with Crippen LogP contribution < -0.4 is 30.0 Å². The second-order valence-corrected chi connectivity index (χ2v) is 12.5. The van der Waals surface area contributed by atoms with Crippen LogP contribution in [0.15, 0.2) is 65.6 Å². The first kappa shape index (κ1) is 32.0. The Labute approximate surface area is 264 Å². The molecule has 1 atom stereocenters. The van der Waals surface area contributed by atoms with E-state index < -0.39 is 45.4 Å². The van der Waals surface area contributed by atoms with Crippen LogP contribution in [0.5, 0.6) is 17.2 Å². The number of nitrogens with zero attached hydrogens (tertiary/aromatic N) is 3. The van der Waals surface area contributed by atoms with Gasteiger partial charge in [-0.05, 0) is 65.9 Å². The van der Waals surface area contributed by atoms with E-state index in [0.717, 1.165) is 5.56 Å². The number of rotatable bonds is 12. The highest BCUT2D eigenvalue weighted by molar-refractivity contribution is 7.93. The topological polar surface area (TPSA) is 210 Å². The molecular weight excluding hydrogens is 616 g/mol. The third-order valence-electron chi connectivity index (χ3n) is 7.25. The van der Waals surface area contributed by atoms with E-state index in [2.05, 4.69) is 15.4 Å². The Bertz CT molecular complexity index is 1910. The van der Waals surface area contributed by atoms with Gasteiger partial charge in [0.2, 0.25) is 18.7 Å². The Kier molecular flexibility index (Phi) is 8.96. The van der Waals surface area contributed by atoms with E-state index in [-0.39, 0.29) is 28.9 Å². The van der Waals surface area contributed by atoms with Crippen molar-refractivity contribution in [1.29, 1.82) is 0 Å². The van der Waals surface area contributed by atoms with E-state index in [9.17, 15) is 22.8 Å². The number of sulfonamides is 1. The number of benzene rings is 3. The molecule has 0 radical (unpaired) electrons. The standard InChI is InChI=1S/C31H32N6O8S/c1-4-5-19-14-21(9-12-23(19)45-27(29(33)39)20-8-13-24-25(15-20)44-16-43-24)31(40)37(30-26(28(32)38)34-36-35-30)46(41,42)22-10-6-18(7-11-22)17(2)3/h6-15,17,27H,4-5,16H2,1-3H3,(H2,32,38)(H2,33,39)(H,34,35,36). The molecule has 0 bridgehead atoms. The van der Waals surface area contributed by atoms with E-state index in [0.29, 0.717) is 39.8 Å². The summed E-state index contributed by atoms with van der Waals surface area (Å²) in [7, 11) is -4.64. The number of primary amides is 2. The minimum absolute atomic E-state index is 0.0439. The zero-order valence-electron chi connectivity index (χ0n) is 25.2. The van der Waals surface area contributed by atoms with Crippen molar-refractivity contribution in [3.05, 3.63) is 88.6 Å². The summed E-state index contributed by atoms with van der Waals surface area (Å²) in [4.78, 5) is 38.5. The van der Waals surface area contributed by atoms with Crippen molar-refractivity contribution < 1.29 is 37.0 Å². The minimum atomic E-state index is -4.64. The van der Waals surface area contributed by atoms with Crippen molar-refractivity contribution in [3.8, 4) is 17.2 Å². The molecule has 1 aliphatic heterocycles. The fourth-order valence-corrected chi connectivity index (χ4v) is 6.25. The van der Waals surface area contributed by atoms with Gasteiger partial charge in [0.25, 0.3) is 27.7 Å². The molecule has 0 aliphatic carbocycles. The van der Waals surface area contributed by atoms with Crippen LogP contribution in [-0.4, -0.2) is 48.3 Å². The van der Waals surface area contributed by atoms with E-state index in [1.807, 2.05) is 20.8 Å². The molecule has 1 aromatic heterocycles. The Morgan fingerprint density at radius 3 is 2.30 bits per heavy atom. The summed E-state index contributed by atoms with van der Waals surface area (Å²) in [5, 5.41) is 9.66. The van der Waals surface area contributed by atoms with Crippen LogP contribution in [0.1, 0.15) is 76.8 Å². The highest BCUT2D eigenvalue weighted by Gasteiger charge is 2.37. The maximum absolute atomic E-state index is 14.1. The normalized spacial score (nSPS) is 13.0. The second-order valence-electron chi connectivity index (χ2n) is 10.7. The number of H-pyrrole nitrogens is 1. The van der Waals surface area contributed by atoms with Gasteiger partial charge in [0.15, 0.2) is 17.2 Å². The lowest BCUT2D eigenvalue weighted by molar-refractivity contribution is -0.125. The predicted octanol–water partition coefficient (Wildman–Crippen LogP) is 3.35. The molecule has 0 saturated heterocycles. The lowest BCUT2D eigenvalue weighted by atomic mass is 10.0. The van der Waals surface area contributed by atoms with Crippen LogP contribution in [-0.2, 0) is 21.2 Å². The molecule has 15 heteroatoms. The van der Waals surface area contributed by atoms with Gasteiger partial charge in [-0.2, -0.15) is 9.52 Å². The average molecular weight is 649 g/mol. The molecule has 1 unspecified atom stereocenters. The third-order valence-corrected chi connectivity index (χ3v) is 8.94. The Morgan fingerprint density at radius 1 is 0.957 bits per heavy atom. The lowest BCUT2D eigenvalue weighted by Crippen LogP contribution is -2.38. The van der Waals surface area contributed by atoms with Gasteiger partial charge in [0, 0.05) is 11.1 Å². The number of aryl methyl sites for hydroxylation is 1. The fraction of sp³-hybridized carbons (Fsp3) is 0.258. The molecule has 3 aromatic carbocycles. The number of ether oxygens (including phenoxy) is 3. The highest BCUT2D eigenvalue weighted by Crippen LogP contribution is 2.36. The van der Waals surface area contributed by atoms with Gasteiger partial charge < -0.3 is 25.7 Å². The van der Waals surface area contributed by atoms with Crippen molar-refractivity contribution >= 4 is 33.6 Å². The summed E-state index contributed by atoms with van der Waals surface area (Å²) in [6.45, 7) is 5.85. The summed E-state index contributed by atoms with van der Waals surface area (Å²) >= 11 is 0. The van der Waals surface area contributed by atoms with Crippen molar-refractivity contribution in [2.45, 2.75) is 50.5 Å². The molecular formula is C31H32N6O8S. The quantitative estimate of drug-likeness (QED) is 0.204. The summed E-state index contributed by atoms with van der Waals surface area (Å²) in [5.74, 6) is -2.15. The van der Waals surface area contributed by atoms with Crippen molar-refractivity contribution in [2.24, 2.45) is 11.5 Å². The van der Waals surface area contributed by atoms with Crippen LogP contribution in [0.4, 0.5) is 5.82 Å². The number of hydrogen-bond acceptors (Lipinski definition) is 10. The fourth-order valence-electron chi connectivity index (χ4n) is 4.88. The molecule has 0 saturated carbocycles. The van der Waals surface area contributed by atoms with Crippen LogP contribution in [0.2, 0.25) is 0 Å². The van der Waals surface area contributed by atoms with Crippen LogP contribution in [0.25, 0.3) is 0 Å². The van der Waals surface area contributed by atoms with Crippen LogP contribution in [0, 0.1) is 0 Å². The maximum atomic E-state index is 14.1. The van der Waals surface area contributed by atoms with E-state index >= 15 is 0 Å². The molecule has 2 heterocycles. The molecule has 14 nitrogen and oxygen atoms in total.